The van der Waals surface area contributed by atoms with Crippen LogP contribution in [0.5, 0.6) is 0 Å². The lowest BCUT2D eigenvalue weighted by Gasteiger charge is -2.34. The minimum Gasteiger partial charge on any atom is -0.456 e. The van der Waals surface area contributed by atoms with Gasteiger partial charge >= 0.3 is 5.97 Å². The summed E-state index contributed by atoms with van der Waals surface area (Å²) in [5, 5.41) is 3.49. The maximum Gasteiger partial charge on any atom is 0.338 e. The second-order valence-corrected chi connectivity index (χ2v) is 9.54. The monoisotopic (exact) mass is 377 g/mol. The number of carbonyl (C=O) groups excluding carboxylic acids is 1. The minimum atomic E-state index is -0.458. The number of allylic oxidation sites excluding steroid dienone is 2. The third kappa shape index (κ3) is 3.70. The van der Waals surface area contributed by atoms with Crippen LogP contribution in [0, 0.1) is 5.92 Å². The molecule has 0 N–H and O–H groups in total. The van der Waals surface area contributed by atoms with Gasteiger partial charge in [0.2, 0.25) is 0 Å². The van der Waals surface area contributed by atoms with Gasteiger partial charge in [0.25, 0.3) is 0 Å². The fraction of sp³-hybridized carbons (Fsp3) is 0.292. The summed E-state index contributed by atoms with van der Waals surface area (Å²) in [6.45, 7) is 4.08. The van der Waals surface area contributed by atoms with E-state index in [4.69, 9.17) is 4.74 Å². The first-order valence-electron chi connectivity index (χ1n) is 9.53. The van der Waals surface area contributed by atoms with E-state index in [1.807, 2.05) is 32.0 Å². The second-order valence-electron chi connectivity index (χ2n) is 7.68. The molecule has 0 fully saturated rings. The van der Waals surface area contributed by atoms with E-state index < -0.39 is 5.60 Å². The lowest BCUT2D eigenvalue weighted by atomic mass is 9.81. The number of esters is 1. The van der Waals surface area contributed by atoms with E-state index in [-0.39, 0.29) is 16.4 Å². The average Bonchev–Trinajstić information content (AvgIpc) is 3.13. The lowest BCUT2D eigenvalue weighted by molar-refractivity contribution is -0.0320. The normalized spacial score (nSPS) is 17.9. The van der Waals surface area contributed by atoms with Crippen LogP contribution in [0.1, 0.15) is 43.5 Å². The summed E-state index contributed by atoms with van der Waals surface area (Å²) in [4.78, 5) is 14.0. The van der Waals surface area contributed by atoms with Crippen LogP contribution in [0.25, 0.3) is 15.0 Å². The molecular weight excluding hydrogens is 352 g/mol. The van der Waals surface area contributed by atoms with Gasteiger partial charge in [-0.05, 0) is 57.4 Å². The molecule has 0 bridgehead atoms. The van der Waals surface area contributed by atoms with Crippen LogP contribution < -0.4 is 0 Å². The molecule has 4 rings (SSSR count). The topological polar surface area (TPSA) is 26.3 Å². The third-order valence-electron chi connectivity index (χ3n) is 5.47. The van der Waals surface area contributed by atoms with Crippen LogP contribution >= 0.6 is 10.5 Å². The summed E-state index contributed by atoms with van der Waals surface area (Å²) in [5.41, 5.74) is 0.178. The van der Waals surface area contributed by atoms with Crippen molar-refractivity contribution in [2.75, 3.05) is 0 Å². The molecule has 2 nitrogen and oxygen atoms in total. The van der Waals surface area contributed by atoms with Crippen molar-refractivity contribution in [3.05, 3.63) is 77.7 Å². The highest BCUT2D eigenvalue weighted by Gasteiger charge is 2.33. The molecule has 0 radical (unpaired) electrons. The van der Waals surface area contributed by atoms with Crippen molar-refractivity contribution in [2.45, 2.75) is 38.7 Å². The predicted molar refractivity (Wildman–Crippen MR) is 114 cm³/mol. The smallest absolute Gasteiger partial charge is 0.338 e. The molecule has 0 saturated heterocycles. The zero-order valence-corrected chi connectivity index (χ0v) is 16.7. The van der Waals surface area contributed by atoms with E-state index in [9.17, 15) is 4.79 Å². The first-order chi connectivity index (χ1) is 13.0. The molecule has 0 saturated carbocycles. The molecule has 1 aliphatic carbocycles. The number of ether oxygens (including phenoxy) is 1. The summed E-state index contributed by atoms with van der Waals surface area (Å²) in [6, 6.07) is 18.5. The van der Waals surface area contributed by atoms with Gasteiger partial charge < -0.3 is 4.74 Å². The molecule has 3 aromatic rings. The van der Waals surface area contributed by atoms with Crippen LogP contribution in [-0.2, 0) is 4.74 Å². The number of hydrogen-bond donors (Lipinski definition) is 0. The number of hydrogen-bond acceptors (Lipinski definition) is 2. The summed E-state index contributed by atoms with van der Waals surface area (Å²) >= 11 is 0. The molecule has 1 aromatic heterocycles. The van der Waals surface area contributed by atoms with E-state index in [0.717, 1.165) is 24.2 Å². The fourth-order valence-corrected chi connectivity index (χ4v) is 5.74. The number of benzene rings is 2. The van der Waals surface area contributed by atoms with Crippen molar-refractivity contribution in [1.82, 2.24) is 0 Å². The highest BCUT2D eigenvalue weighted by atomic mass is 32.2. The minimum absolute atomic E-state index is 0.117. The predicted octanol–water partition coefficient (Wildman–Crippen LogP) is 6.87. The quantitative estimate of drug-likeness (QED) is 0.282. The Kier molecular flexibility index (Phi) is 4.88. The van der Waals surface area contributed by atoms with Gasteiger partial charge in [-0.2, -0.15) is 0 Å². The third-order valence-corrected chi connectivity index (χ3v) is 7.49. The van der Waals surface area contributed by atoms with Gasteiger partial charge in [-0.3, -0.25) is 0 Å². The van der Waals surface area contributed by atoms with E-state index >= 15 is 0 Å². The molecule has 0 aliphatic heterocycles. The molecule has 0 spiro atoms. The standard InChI is InChI=1S/C24H25O2S/c1-24(2,20-11-4-3-5-12-20)26-23(25)19-10-8-13-21(17-19)27-16-15-18-9-6-7-14-22(18)27/h3-4,6-10,13-17,20H,5,11-12H2,1-2H3/q+1. The van der Waals surface area contributed by atoms with Crippen molar-refractivity contribution in [2.24, 2.45) is 5.92 Å². The summed E-state index contributed by atoms with van der Waals surface area (Å²) in [6.07, 6.45) is 7.53. The Morgan fingerprint density at radius 3 is 2.74 bits per heavy atom. The van der Waals surface area contributed by atoms with Gasteiger partial charge in [-0.1, -0.05) is 30.4 Å². The van der Waals surface area contributed by atoms with E-state index in [0.29, 0.717) is 11.5 Å². The molecule has 3 heteroatoms. The van der Waals surface area contributed by atoms with Gasteiger partial charge in [-0.15, -0.1) is 0 Å². The molecule has 1 heterocycles. The summed E-state index contributed by atoms with van der Waals surface area (Å²) < 4.78 is 7.28. The van der Waals surface area contributed by atoms with Crippen molar-refractivity contribution in [3.63, 3.8) is 0 Å². The van der Waals surface area contributed by atoms with Crippen LogP contribution in [0.15, 0.2) is 72.1 Å². The van der Waals surface area contributed by atoms with Crippen LogP contribution in [-0.4, -0.2) is 11.6 Å². The van der Waals surface area contributed by atoms with Crippen LogP contribution in [0.2, 0.25) is 0 Å². The molecule has 138 valence electrons. The van der Waals surface area contributed by atoms with Gasteiger partial charge in [0.1, 0.15) is 11.0 Å². The van der Waals surface area contributed by atoms with Gasteiger partial charge in [-0.25, -0.2) is 4.79 Å². The van der Waals surface area contributed by atoms with E-state index in [2.05, 4.69) is 53.9 Å². The number of rotatable bonds is 4. The van der Waals surface area contributed by atoms with Gasteiger partial charge in [0.05, 0.1) is 5.56 Å². The lowest BCUT2D eigenvalue weighted by Crippen LogP contribution is -2.37. The number of carbonyl (C=O) groups is 1. The maximum absolute atomic E-state index is 12.9. The van der Waals surface area contributed by atoms with Crippen molar-refractivity contribution in [1.29, 1.82) is 0 Å². The van der Waals surface area contributed by atoms with E-state index in [1.54, 1.807) is 0 Å². The fourth-order valence-electron chi connectivity index (χ4n) is 3.80. The highest BCUT2D eigenvalue weighted by Crippen LogP contribution is 2.40. The maximum atomic E-state index is 12.9. The summed E-state index contributed by atoms with van der Waals surface area (Å²) in [7, 11) is -0.117. The first kappa shape index (κ1) is 18.0. The van der Waals surface area contributed by atoms with Crippen LogP contribution in [0.3, 0.4) is 0 Å². The Labute approximate surface area is 163 Å². The van der Waals surface area contributed by atoms with Gasteiger partial charge in [0.15, 0.2) is 9.60 Å². The Morgan fingerprint density at radius 1 is 1.07 bits per heavy atom. The van der Waals surface area contributed by atoms with Crippen molar-refractivity contribution >= 4 is 26.5 Å². The largest absolute Gasteiger partial charge is 0.456 e. The number of fused-ring (bicyclic) bond motifs is 1. The average molecular weight is 378 g/mol. The van der Waals surface area contributed by atoms with Crippen molar-refractivity contribution in [3.8, 4) is 4.90 Å². The molecule has 0 amide bonds. The van der Waals surface area contributed by atoms with E-state index in [1.165, 1.54) is 10.1 Å². The zero-order chi connectivity index (χ0) is 18.9. The molecule has 2 aromatic carbocycles. The van der Waals surface area contributed by atoms with Gasteiger partial charge in [0, 0.05) is 33.9 Å². The molecule has 1 aliphatic rings. The van der Waals surface area contributed by atoms with Crippen LogP contribution in [0.4, 0.5) is 0 Å². The SMILES string of the molecule is CC(C)(OC(=O)c1cccc(-[s+]2ccc3ccccc32)c1)C1CC=CCC1. The molecular formula is C24H25O2S+. The molecule has 2 atom stereocenters. The zero-order valence-electron chi connectivity index (χ0n) is 15.9. The van der Waals surface area contributed by atoms with Crippen molar-refractivity contribution < 1.29 is 9.53 Å². The summed E-state index contributed by atoms with van der Waals surface area (Å²) in [5.74, 6) is 0.151. The Balaban J connectivity index is 1.58. The Morgan fingerprint density at radius 2 is 1.93 bits per heavy atom. The number of thiophene rings is 1. The second kappa shape index (κ2) is 7.32. The molecule has 2 unspecified atom stereocenters. The highest BCUT2D eigenvalue weighted by molar-refractivity contribution is 7.43. The molecule has 27 heavy (non-hydrogen) atoms. The first-order valence-corrected chi connectivity index (χ1v) is 10.8. The Hall–Kier alpha value is -2.39. The Bertz CT molecular complexity index is 996.